The van der Waals surface area contributed by atoms with Crippen LogP contribution in [0.5, 0.6) is 0 Å². The van der Waals surface area contributed by atoms with Crippen LogP contribution in [0.2, 0.25) is 0 Å². The number of aromatic amines is 1. The molecule has 0 radical (unpaired) electrons. The van der Waals surface area contributed by atoms with Crippen molar-refractivity contribution in [3.8, 4) is 11.3 Å². The highest BCUT2D eigenvalue weighted by molar-refractivity contribution is 5.95. The second-order valence-electron chi connectivity index (χ2n) is 6.76. The van der Waals surface area contributed by atoms with E-state index in [-0.39, 0.29) is 17.4 Å². The normalized spacial score (nSPS) is 16.7. The smallest absolute Gasteiger partial charge is 0.257 e. The quantitative estimate of drug-likeness (QED) is 0.760. The summed E-state index contributed by atoms with van der Waals surface area (Å²) in [6.45, 7) is 3.02. The van der Waals surface area contributed by atoms with Gasteiger partial charge in [-0.25, -0.2) is 4.98 Å². The largest absolute Gasteiger partial charge is 0.338 e. The molecule has 4 rings (SSSR count). The van der Waals surface area contributed by atoms with E-state index in [2.05, 4.69) is 20.1 Å². The average molecular weight is 364 g/mol. The fourth-order valence-corrected chi connectivity index (χ4v) is 3.38. The maximum Gasteiger partial charge on any atom is 0.257 e. The Kier molecular flexibility index (Phi) is 4.31. The van der Waals surface area contributed by atoms with Crippen LogP contribution in [0.3, 0.4) is 0 Å². The van der Waals surface area contributed by atoms with E-state index in [1.807, 2.05) is 26.1 Å². The fraction of sp³-hybridized carbons (Fsp3) is 0.316. The SMILES string of the molecule is Cc1c(C(=O)N2CC[C@@H](c3nc(-c4cccnc4)cc(=O)[nH]3)C2)cnn1C. The molecule has 1 atom stereocenters. The molecule has 1 fully saturated rings. The van der Waals surface area contributed by atoms with Crippen molar-refractivity contribution in [2.45, 2.75) is 19.3 Å². The minimum atomic E-state index is -0.202. The van der Waals surface area contributed by atoms with Crippen molar-refractivity contribution in [3.63, 3.8) is 0 Å². The number of nitrogens with zero attached hydrogens (tertiary/aromatic N) is 5. The molecule has 138 valence electrons. The first-order valence-electron chi connectivity index (χ1n) is 8.82. The van der Waals surface area contributed by atoms with Gasteiger partial charge in [0.05, 0.1) is 17.5 Å². The van der Waals surface area contributed by atoms with E-state index < -0.39 is 0 Å². The minimum absolute atomic E-state index is 0.00440. The monoisotopic (exact) mass is 364 g/mol. The van der Waals surface area contributed by atoms with Gasteiger partial charge in [-0.05, 0) is 25.5 Å². The van der Waals surface area contributed by atoms with Crippen molar-refractivity contribution >= 4 is 5.91 Å². The third kappa shape index (κ3) is 3.25. The summed E-state index contributed by atoms with van der Waals surface area (Å²) < 4.78 is 1.69. The molecule has 0 aromatic carbocycles. The summed E-state index contributed by atoms with van der Waals surface area (Å²) in [5.41, 5.74) is 2.64. The standard InChI is InChI=1S/C19H20N6O2/c1-12-15(10-21-24(12)2)19(27)25-7-5-14(11-25)18-22-16(8-17(26)23-18)13-4-3-6-20-9-13/h3-4,6,8-10,14H,5,7,11H2,1-2H3,(H,22,23,26)/t14-/m1/s1. The number of hydrogen-bond acceptors (Lipinski definition) is 5. The van der Waals surface area contributed by atoms with Gasteiger partial charge < -0.3 is 9.88 Å². The number of nitrogens with one attached hydrogen (secondary N) is 1. The number of likely N-dealkylation sites (tertiary alicyclic amines) is 1. The van der Waals surface area contributed by atoms with Crippen molar-refractivity contribution in [2.75, 3.05) is 13.1 Å². The number of hydrogen-bond donors (Lipinski definition) is 1. The van der Waals surface area contributed by atoms with Crippen molar-refractivity contribution < 1.29 is 4.79 Å². The zero-order valence-electron chi connectivity index (χ0n) is 15.2. The third-order valence-electron chi connectivity index (χ3n) is 5.05. The summed E-state index contributed by atoms with van der Waals surface area (Å²) in [7, 11) is 1.82. The van der Waals surface area contributed by atoms with Gasteiger partial charge in [0.1, 0.15) is 5.82 Å². The van der Waals surface area contributed by atoms with E-state index in [4.69, 9.17) is 0 Å². The molecule has 0 unspecified atom stereocenters. The van der Waals surface area contributed by atoms with E-state index in [9.17, 15) is 9.59 Å². The highest BCUT2D eigenvalue weighted by atomic mass is 16.2. The predicted molar refractivity (Wildman–Crippen MR) is 99.3 cm³/mol. The summed E-state index contributed by atoms with van der Waals surface area (Å²) in [6.07, 6.45) is 5.72. The molecule has 8 nitrogen and oxygen atoms in total. The van der Waals surface area contributed by atoms with E-state index in [1.165, 1.54) is 6.07 Å². The van der Waals surface area contributed by atoms with Crippen LogP contribution < -0.4 is 5.56 Å². The number of aryl methyl sites for hydroxylation is 1. The molecular weight excluding hydrogens is 344 g/mol. The van der Waals surface area contributed by atoms with Gasteiger partial charge in [0.15, 0.2) is 0 Å². The van der Waals surface area contributed by atoms with Crippen molar-refractivity contribution in [2.24, 2.45) is 7.05 Å². The Morgan fingerprint density at radius 1 is 1.33 bits per heavy atom. The Balaban J connectivity index is 1.57. The van der Waals surface area contributed by atoms with Crippen molar-refractivity contribution in [1.82, 2.24) is 29.6 Å². The molecule has 1 amide bonds. The number of carbonyl (C=O) groups excluding carboxylic acids is 1. The Morgan fingerprint density at radius 3 is 2.89 bits per heavy atom. The van der Waals surface area contributed by atoms with Crippen molar-refractivity contribution in [3.05, 3.63) is 64.2 Å². The molecule has 1 aliphatic rings. The van der Waals surface area contributed by atoms with Crippen LogP contribution in [0.15, 0.2) is 41.6 Å². The first-order chi connectivity index (χ1) is 13.0. The number of H-pyrrole nitrogens is 1. The van der Waals surface area contributed by atoms with Gasteiger partial charge in [-0.2, -0.15) is 5.10 Å². The minimum Gasteiger partial charge on any atom is -0.338 e. The van der Waals surface area contributed by atoms with E-state index in [0.29, 0.717) is 30.2 Å². The molecule has 0 saturated carbocycles. The summed E-state index contributed by atoms with van der Waals surface area (Å²) in [4.78, 5) is 38.2. The zero-order valence-corrected chi connectivity index (χ0v) is 15.2. The molecule has 1 aliphatic heterocycles. The van der Waals surface area contributed by atoms with Gasteiger partial charge in [0, 0.05) is 55.8 Å². The fourth-order valence-electron chi connectivity index (χ4n) is 3.38. The van der Waals surface area contributed by atoms with Crippen LogP contribution in [0.4, 0.5) is 0 Å². The number of amides is 1. The molecule has 4 heterocycles. The van der Waals surface area contributed by atoms with E-state index in [1.54, 1.807) is 28.2 Å². The molecular formula is C19H20N6O2. The Labute approximate surface area is 155 Å². The lowest BCUT2D eigenvalue weighted by molar-refractivity contribution is 0.0789. The van der Waals surface area contributed by atoms with Gasteiger partial charge in [-0.15, -0.1) is 0 Å². The van der Waals surface area contributed by atoms with Crippen LogP contribution in [0, 0.1) is 6.92 Å². The lowest BCUT2D eigenvalue weighted by Gasteiger charge is -2.16. The predicted octanol–water partition coefficient (Wildman–Crippen LogP) is 1.50. The Bertz CT molecular complexity index is 1040. The topological polar surface area (TPSA) is 96.8 Å². The first-order valence-corrected chi connectivity index (χ1v) is 8.82. The van der Waals surface area contributed by atoms with Crippen LogP contribution in [-0.4, -0.2) is 48.6 Å². The third-order valence-corrected chi connectivity index (χ3v) is 5.05. The highest BCUT2D eigenvalue weighted by Gasteiger charge is 2.31. The summed E-state index contributed by atoms with van der Waals surface area (Å²) in [5.74, 6) is 0.573. The first kappa shape index (κ1) is 17.1. The van der Waals surface area contributed by atoms with Gasteiger partial charge in [-0.1, -0.05) is 0 Å². The lowest BCUT2D eigenvalue weighted by atomic mass is 10.1. The van der Waals surface area contributed by atoms with Crippen LogP contribution >= 0.6 is 0 Å². The highest BCUT2D eigenvalue weighted by Crippen LogP contribution is 2.27. The zero-order chi connectivity index (χ0) is 19.0. The van der Waals surface area contributed by atoms with Crippen LogP contribution in [-0.2, 0) is 7.05 Å². The lowest BCUT2D eigenvalue weighted by Crippen LogP contribution is -2.29. The van der Waals surface area contributed by atoms with E-state index in [0.717, 1.165) is 17.7 Å². The van der Waals surface area contributed by atoms with E-state index >= 15 is 0 Å². The van der Waals surface area contributed by atoms with Gasteiger partial charge in [-0.3, -0.25) is 19.3 Å². The Morgan fingerprint density at radius 2 is 2.19 bits per heavy atom. The molecule has 1 N–H and O–H groups in total. The molecule has 3 aromatic rings. The summed E-state index contributed by atoms with van der Waals surface area (Å²) in [6, 6.07) is 5.15. The second-order valence-corrected chi connectivity index (χ2v) is 6.76. The van der Waals surface area contributed by atoms with Gasteiger partial charge >= 0.3 is 0 Å². The average Bonchev–Trinajstić information content (AvgIpc) is 3.29. The number of aromatic nitrogens is 5. The number of carbonyl (C=O) groups is 1. The second kappa shape index (κ2) is 6.79. The maximum atomic E-state index is 12.8. The summed E-state index contributed by atoms with van der Waals surface area (Å²) >= 11 is 0. The molecule has 8 heteroatoms. The molecule has 0 bridgehead atoms. The van der Waals surface area contributed by atoms with Crippen LogP contribution in [0.25, 0.3) is 11.3 Å². The Hall–Kier alpha value is -3.29. The van der Waals surface area contributed by atoms with Gasteiger partial charge in [0.2, 0.25) is 0 Å². The number of rotatable bonds is 3. The molecule has 3 aromatic heterocycles. The molecule has 0 spiro atoms. The van der Waals surface area contributed by atoms with Crippen LogP contribution in [0.1, 0.15) is 34.2 Å². The molecule has 1 saturated heterocycles. The number of pyridine rings is 1. The molecule has 27 heavy (non-hydrogen) atoms. The van der Waals surface area contributed by atoms with Gasteiger partial charge in [0.25, 0.3) is 11.5 Å². The van der Waals surface area contributed by atoms with Crippen molar-refractivity contribution in [1.29, 1.82) is 0 Å². The molecule has 0 aliphatic carbocycles. The summed E-state index contributed by atoms with van der Waals surface area (Å²) in [5, 5.41) is 4.15. The maximum absolute atomic E-state index is 12.8.